The number of rotatable bonds is 4. The Morgan fingerprint density at radius 2 is 1.89 bits per heavy atom. The van der Waals surface area contributed by atoms with Crippen LogP contribution < -0.4 is 5.56 Å². The van der Waals surface area contributed by atoms with Crippen molar-refractivity contribution >= 4 is 39.6 Å². The van der Waals surface area contributed by atoms with Gasteiger partial charge in [0, 0.05) is 0 Å². The number of nitrogens with zero attached hydrogens (tertiary/aromatic N) is 1. The summed E-state index contributed by atoms with van der Waals surface area (Å²) in [5.41, 5.74) is 2.50. The molecule has 0 aliphatic rings. The van der Waals surface area contributed by atoms with E-state index in [0.717, 1.165) is 5.56 Å². The molecule has 1 heterocycles. The lowest BCUT2D eigenvalue weighted by molar-refractivity contribution is 0.0601. The van der Waals surface area contributed by atoms with Crippen LogP contribution in [0, 0.1) is 0 Å². The summed E-state index contributed by atoms with van der Waals surface area (Å²) < 4.78 is 4.71. The molecule has 3 aromatic rings. The van der Waals surface area contributed by atoms with Crippen molar-refractivity contribution in [3.8, 4) is 0 Å². The van der Waals surface area contributed by atoms with Gasteiger partial charge in [0.15, 0.2) is 5.82 Å². The first kappa shape index (κ1) is 18.9. The third kappa shape index (κ3) is 4.09. The number of hydrogen-bond donors (Lipinski definition) is 1. The van der Waals surface area contributed by atoms with Crippen molar-refractivity contribution in [1.82, 2.24) is 9.97 Å². The number of aromatic amines is 1. The van der Waals surface area contributed by atoms with Gasteiger partial charge in [-0.1, -0.05) is 49.7 Å². The first-order chi connectivity index (χ1) is 12.9. The van der Waals surface area contributed by atoms with E-state index in [1.165, 1.54) is 24.8 Å². The number of nitrogens with one attached hydrogen (secondary N) is 1. The van der Waals surface area contributed by atoms with Gasteiger partial charge < -0.3 is 9.72 Å². The highest BCUT2D eigenvalue weighted by molar-refractivity contribution is 6.50. The monoisotopic (exact) mass is 382 g/mol. The summed E-state index contributed by atoms with van der Waals surface area (Å²) in [4.78, 5) is 31.1. The number of benzene rings is 2. The summed E-state index contributed by atoms with van der Waals surface area (Å²) in [5, 5.41) is 0.673. The molecule has 5 nitrogen and oxygen atoms in total. The van der Waals surface area contributed by atoms with Crippen molar-refractivity contribution in [2.75, 3.05) is 7.11 Å². The molecule has 1 aromatic heterocycles. The fourth-order valence-electron chi connectivity index (χ4n) is 2.69. The Bertz CT molecular complexity index is 1080. The van der Waals surface area contributed by atoms with Crippen LogP contribution >= 0.6 is 11.6 Å². The highest BCUT2D eigenvalue weighted by atomic mass is 35.5. The zero-order valence-electron chi connectivity index (χ0n) is 15.2. The van der Waals surface area contributed by atoms with E-state index in [2.05, 4.69) is 23.8 Å². The average Bonchev–Trinajstić information content (AvgIpc) is 2.67. The maximum atomic E-state index is 12.3. The third-order valence-electron chi connectivity index (χ3n) is 4.25. The fourth-order valence-corrected chi connectivity index (χ4v) is 2.90. The maximum Gasteiger partial charge on any atom is 0.337 e. The lowest BCUT2D eigenvalue weighted by Crippen LogP contribution is -2.11. The second-order valence-corrected chi connectivity index (χ2v) is 6.86. The molecule has 0 atom stereocenters. The van der Waals surface area contributed by atoms with Gasteiger partial charge in [-0.2, -0.15) is 0 Å². The van der Waals surface area contributed by atoms with E-state index < -0.39 is 5.97 Å². The Hall–Kier alpha value is -2.92. The lowest BCUT2D eigenvalue weighted by Gasteiger charge is -2.06. The molecule has 0 bridgehead atoms. The Balaban J connectivity index is 2.01. The number of carbonyl (C=O) groups excluding carboxylic acids is 1. The molecule has 6 heteroatoms. The molecule has 27 heavy (non-hydrogen) atoms. The Morgan fingerprint density at radius 1 is 1.19 bits per heavy atom. The van der Waals surface area contributed by atoms with Gasteiger partial charge in [-0.3, -0.25) is 4.79 Å². The van der Waals surface area contributed by atoms with Crippen LogP contribution in [0.3, 0.4) is 0 Å². The summed E-state index contributed by atoms with van der Waals surface area (Å²) in [7, 11) is 1.30. The molecular weight excluding hydrogens is 364 g/mol. The van der Waals surface area contributed by atoms with Crippen LogP contribution in [0.5, 0.6) is 0 Å². The summed E-state index contributed by atoms with van der Waals surface area (Å²) >= 11 is 6.38. The van der Waals surface area contributed by atoms with Gasteiger partial charge in [-0.25, -0.2) is 9.78 Å². The molecule has 0 saturated carbocycles. The number of esters is 1. The standard InChI is InChI=1S/C21H19ClN2O3/c1-12(2)14-6-4-13(5-7-14)10-17(22)19-23-18-11-15(21(26)27-3)8-9-16(18)20(25)24-19/h4-12H,1-3H3,(H,23,24,25)/b17-10-. The van der Waals surface area contributed by atoms with Gasteiger partial charge in [0.1, 0.15) is 0 Å². The molecule has 0 saturated heterocycles. The van der Waals surface area contributed by atoms with E-state index in [1.807, 2.05) is 24.3 Å². The van der Waals surface area contributed by atoms with E-state index >= 15 is 0 Å². The molecule has 2 aromatic carbocycles. The van der Waals surface area contributed by atoms with Crippen molar-refractivity contribution < 1.29 is 9.53 Å². The number of methoxy groups -OCH3 is 1. The second kappa shape index (κ2) is 7.76. The van der Waals surface area contributed by atoms with E-state index in [9.17, 15) is 9.59 Å². The molecular formula is C21H19ClN2O3. The highest BCUT2D eigenvalue weighted by Gasteiger charge is 2.11. The summed E-state index contributed by atoms with van der Waals surface area (Å²) in [6.45, 7) is 4.26. The number of fused-ring (bicyclic) bond motifs is 1. The van der Waals surface area contributed by atoms with Crippen molar-refractivity contribution in [3.63, 3.8) is 0 Å². The molecule has 0 unspecified atom stereocenters. The second-order valence-electron chi connectivity index (χ2n) is 6.45. The van der Waals surface area contributed by atoms with Crippen molar-refractivity contribution in [3.05, 3.63) is 75.3 Å². The topological polar surface area (TPSA) is 72.1 Å². The fraction of sp³-hybridized carbons (Fsp3) is 0.190. The quantitative estimate of drug-likeness (QED) is 0.671. The van der Waals surface area contributed by atoms with Crippen LogP contribution in [0.4, 0.5) is 0 Å². The van der Waals surface area contributed by atoms with Gasteiger partial charge in [-0.05, 0) is 41.3 Å². The van der Waals surface area contributed by atoms with Crippen LogP contribution in [-0.2, 0) is 4.74 Å². The van der Waals surface area contributed by atoms with Crippen molar-refractivity contribution in [1.29, 1.82) is 0 Å². The molecule has 138 valence electrons. The van der Waals surface area contributed by atoms with E-state index in [-0.39, 0.29) is 11.4 Å². The minimum absolute atomic E-state index is 0.240. The number of carbonyl (C=O) groups is 1. The number of halogens is 1. The summed E-state index contributed by atoms with van der Waals surface area (Å²) in [6.07, 6.45) is 1.74. The van der Waals surface area contributed by atoms with Gasteiger partial charge >= 0.3 is 5.97 Å². The molecule has 0 fully saturated rings. The molecule has 3 rings (SSSR count). The van der Waals surface area contributed by atoms with Crippen LogP contribution in [0.15, 0.2) is 47.3 Å². The van der Waals surface area contributed by atoms with Crippen LogP contribution in [0.1, 0.15) is 47.1 Å². The predicted molar refractivity (Wildman–Crippen MR) is 108 cm³/mol. The Labute approximate surface area is 161 Å². The SMILES string of the molecule is COC(=O)c1ccc2c(=O)[nH]c(/C(Cl)=C/c3ccc(C(C)C)cc3)nc2c1. The van der Waals surface area contributed by atoms with Gasteiger partial charge in [-0.15, -0.1) is 0 Å². The maximum absolute atomic E-state index is 12.3. The molecule has 0 spiro atoms. The summed E-state index contributed by atoms with van der Waals surface area (Å²) in [6, 6.07) is 12.6. The zero-order chi connectivity index (χ0) is 19.6. The Morgan fingerprint density at radius 3 is 2.52 bits per heavy atom. The van der Waals surface area contributed by atoms with Crippen molar-refractivity contribution in [2.45, 2.75) is 19.8 Å². The van der Waals surface area contributed by atoms with E-state index in [0.29, 0.717) is 27.4 Å². The zero-order valence-corrected chi connectivity index (χ0v) is 16.0. The number of ether oxygens (including phenoxy) is 1. The largest absolute Gasteiger partial charge is 0.465 e. The molecule has 0 aliphatic heterocycles. The predicted octanol–water partition coefficient (Wildman–Crippen LogP) is 4.57. The van der Waals surface area contributed by atoms with E-state index in [4.69, 9.17) is 16.3 Å². The van der Waals surface area contributed by atoms with Gasteiger partial charge in [0.25, 0.3) is 5.56 Å². The number of aromatic nitrogens is 2. The van der Waals surface area contributed by atoms with E-state index in [1.54, 1.807) is 12.1 Å². The minimum atomic E-state index is -0.493. The lowest BCUT2D eigenvalue weighted by atomic mass is 10.0. The van der Waals surface area contributed by atoms with Gasteiger partial charge in [0.2, 0.25) is 0 Å². The van der Waals surface area contributed by atoms with Crippen LogP contribution in [0.25, 0.3) is 22.0 Å². The minimum Gasteiger partial charge on any atom is -0.465 e. The normalized spacial score (nSPS) is 11.8. The highest BCUT2D eigenvalue weighted by Crippen LogP contribution is 2.22. The smallest absolute Gasteiger partial charge is 0.337 e. The van der Waals surface area contributed by atoms with Crippen LogP contribution in [0.2, 0.25) is 0 Å². The van der Waals surface area contributed by atoms with Gasteiger partial charge in [0.05, 0.1) is 28.6 Å². The Kier molecular flexibility index (Phi) is 5.42. The van der Waals surface area contributed by atoms with Crippen LogP contribution in [-0.4, -0.2) is 23.0 Å². The number of hydrogen-bond acceptors (Lipinski definition) is 4. The van der Waals surface area contributed by atoms with Crippen molar-refractivity contribution in [2.24, 2.45) is 0 Å². The molecule has 1 N–H and O–H groups in total. The first-order valence-electron chi connectivity index (χ1n) is 8.49. The molecule has 0 radical (unpaired) electrons. The molecule has 0 amide bonds. The molecule has 0 aliphatic carbocycles. The summed E-state index contributed by atoms with van der Waals surface area (Å²) in [5.74, 6) is 0.192. The average molecular weight is 383 g/mol. The first-order valence-corrected chi connectivity index (χ1v) is 8.86. The third-order valence-corrected chi connectivity index (χ3v) is 4.54. The number of H-pyrrole nitrogens is 1.